The molecule has 2 aromatic rings. The monoisotopic (exact) mass is 394 g/mol. The van der Waals surface area contributed by atoms with Gasteiger partial charge in [0.25, 0.3) is 11.8 Å². The van der Waals surface area contributed by atoms with Crippen molar-refractivity contribution in [2.45, 2.75) is 56.7 Å². The molecule has 0 spiro atoms. The van der Waals surface area contributed by atoms with Crippen molar-refractivity contribution in [1.82, 2.24) is 20.6 Å². The van der Waals surface area contributed by atoms with Crippen LogP contribution in [0.5, 0.6) is 0 Å². The highest BCUT2D eigenvalue weighted by Gasteiger charge is 2.37. The largest absolute Gasteiger partial charge is 0.366 e. The number of hydrogen-bond donors (Lipinski definition) is 2. The first kappa shape index (κ1) is 19.5. The van der Waals surface area contributed by atoms with Crippen LogP contribution in [-0.2, 0) is 10.3 Å². The highest BCUT2D eigenvalue weighted by Crippen LogP contribution is 2.34. The van der Waals surface area contributed by atoms with Gasteiger partial charge in [-0.1, -0.05) is 31.9 Å². The number of nitrogens with one attached hydrogen (secondary N) is 2. The zero-order chi connectivity index (χ0) is 20.4. The van der Waals surface area contributed by atoms with Gasteiger partial charge in [-0.15, -0.1) is 0 Å². The van der Waals surface area contributed by atoms with E-state index in [-0.39, 0.29) is 23.9 Å². The number of hydrogen-bond acceptors (Lipinski definition) is 5. The molecule has 2 amide bonds. The van der Waals surface area contributed by atoms with Gasteiger partial charge in [0, 0.05) is 19.2 Å². The predicted molar refractivity (Wildman–Crippen MR) is 108 cm³/mol. The van der Waals surface area contributed by atoms with Crippen molar-refractivity contribution in [3.63, 3.8) is 0 Å². The molecule has 0 aromatic carbocycles. The summed E-state index contributed by atoms with van der Waals surface area (Å²) in [6.45, 7) is 1.97. The molecule has 0 unspecified atom stereocenters. The van der Waals surface area contributed by atoms with Gasteiger partial charge in [0.05, 0.1) is 11.4 Å². The third-order valence-corrected chi connectivity index (χ3v) is 6.04. The number of rotatable bonds is 2. The fourth-order valence-electron chi connectivity index (χ4n) is 4.38. The van der Waals surface area contributed by atoms with Crippen molar-refractivity contribution >= 4 is 11.8 Å². The number of carbonyl (C=O) groups excluding carboxylic acids is 2. The zero-order valence-corrected chi connectivity index (χ0v) is 16.8. The standard InChI is InChI=1S/C22H26N4O3/c1-3-22(29-2)18-12-6-10-16(23-18)20(27)25-14-8-4-5-9-15(14)26-21(28)17-11-7-13-19(22)24-17/h6-7,10-15H,3-5,8-9H2,1-2H3,(H,25,27)(H,26,28)/t14-,15-/m1/s1. The first-order valence-electron chi connectivity index (χ1n) is 10.2. The van der Waals surface area contributed by atoms with E-state index in [4.69, 9.17) is 4.74 Å². The summed E-state index contributed by atoms with van der Waals surface area (Å²) in [7, 11) is 1.60. The van der Waals surface area contributed by atoms with Gasteiger partial charge in [0.15, 0.2) is 5.60 Å². The van der Waals surface area contributed by atoms with E-state index in [1.807, 2.05) is 31.2 Å². The van der Waals surface area contributed by atoms with Crippen molar-refractivity contribution < 1.29 is 14.3 Å². The van der Waals surface area contributed by atoms with Gasteiger partial charge in [0.1, 0.15) is 11.4 Å². The summed E-state index contributed by atoms with van der Waals surface area (Å²) in [6.07, 6.45) is 4.22. The molecule has 152 valence electrons. The zero-order valence-electron chi connectivity index (χ0n) is 16.8. The van der Waals surface area contributed by atoms with Crippen LogP contribution in [0, 0.1) is 0 Å². The average molecular weight is 394 g/mol. The number of aromatic nitrogens is 2. The summed E-state index contributed by atoms with van der Waals surface area (Å²) < 4.78 is 5.92. The van der Waals surface area contributed by atoms with Crippen LogP contribution in [0.25, 0.3) is 0 Å². The molecule has 1 aliphatic carbocycles. The normalized spacial score (nSPS) is 23.5. The van der Waals surface area contributed by atoms with E-state index in [9.17, 15) is 9.59 Å². The van der Waals surface area contributed by atoms with Crippen LogP contribution >= 0.6 is 0 Å². The van der Waals surface area contributed by atoms with E-state index >= 15 is 0 Å². The second-order valence-corrected chi connectivity index (χ2v) is 7.65. The van der Waals surface area contributed by atoms with Crippen LogP contribution in [0.2, 0.25) is 0 Å². The van der Waals surface area contributed by atoms with Gasteiger partial charge < -0.3 is 15.4 Å². The summed E-state index contributed by atoms with van der Waals surface area (Å²) in [5, 5.41) is 6.16. The molecule has 7 nitrogen and oxygen atoms in total. The molecule has 0 radical (unpaired) electrons. The van der Waals surface area contributed by atoms with Crippen molar-refractivity contribution in [3.8, 4) is 0 Å². The van der Waals surface area contributed by atoms with Gasteiger partial charge in [-0.3, -0.25) is 9.59 Å². The smallest absolute Gasteiger partial charge is 0.270 e. The van der Waals surface area contributed by atoms with Crippen molar-refractivity contribution in [3.05, 3.63) is 59.2 Å². The molecule has 29 heavy (non-hydrogen) atoms. The summed E-state index contributed by atoms with van der Waals surface area (Å²) in [5.41, 5.74) is 0.916. The molecular formula is C22H26N4O3. The number of methoxy groups -OCH3 is 1. The summed E-state index contributed by atoms with van der Waals surface area (Å²) in [6, 6.07) is 10.4. The van der Waals surface area contributed by atoms with Crippen LogP contribution in [0.3, 0.4) is 0 Å². The minimum Gasteiger partial charge on any atom is -0.366 e. The Bertz CT molecular complexity index is 854. The molecule has 2 aromatic heterocycles. The number of fused-ring (bicyclic) bond motifs is 5. The number of carbonyl (C=O) groups is 2. The quantitative estimate of drug-likeness (QED) is 0.817. The Morgan fingerprint density at radius 3 is 1.83 bits per heavy atom. The average Bonchev–Trinajstić information content (AvgIpc) is 2.76. The Kier molecular flexibility index (Phi) is 5.32. The van der Waals surface area contributed by atoms with E-state index in [0.29, 0.717) is 29.2 Å². The first-order chi connectivity index (χ1) is 14.1. The maximum absolute atomic E-state index is 12.9. The fraction of sp³-hybridized carbons (Fsp3) is 0.455. The third kappa shape index (κ3) is 3.51. The number of pyridine rings is 2. The maximum Gasteiger partial charge on any atom is 0.270 e. The lowest BCUT2D eigenvalue weighted by Crippen LogP contribution is -2.53. The van der Waals surface area contributed by atoms with Crippen LogP contribution in [0.15, 0.2) is 36.4 Å². The third-order valence-electron chi connectivity index (χ3n) is 6.04. The second kappa shape index (κ2) is 7.91. The molecule has 1 fully saturated rings. The molecule has 4 bridgehead atoms. The minimum atomic E-state index is -0.951. The van der Waals surface area contributed by atoms with E-state index in [0.717, 1.165) is 25.7 Å². The summed E-state index contributed by atoms with van der Waals surface area (Å²) in [5.74, 6) is -0.476. The summed E-state index contributed by atoms with van der Waals surface area (Å²) >= 11 is 0. The molecule has 0 saturated heterocycles. The molecule has 1 saturated carbocycles. The van der Waals surface area contributed by atoms with E-state index in [1.54, 1.807) is 19.2 Å². The van der Waals surface area contributed by atoms with E-state index in [2.05, 4.69) is 20.6 Å². The minimum absolute atomic E-state index is 0.132. The molecular weight excluding hydrogens is 368 g/mol. The van der Waals surface area contributed by atoms with Crippen molar-refractivity contribution in [1.29, 1.82) is 0 Å². The van der Waals surface area contributed by atoms with Gasteiger partial charge in [-0.05, 0) is 43.5 Å². The molecule has 3 heterocycles. The lowest BCUT2D eigenvalue weighted by molar-refractivity contribution is 0.0111. The van der Waals surface area contributed by atoms with Crippen LogP contribution < -0.4 is 10.6 Å². The molecule has 4 rings (SSSR count). The number of ether oxygens (including phenoxy) is 1. The van der Waals surface area contributed by atoms with Gasteiger partial charge in [-0.2, -0.15) is 0 Å². The highest BCUT2D eigenvalue weighted by molar-refractivity contribution is 5.94. The SMILES string of the molecule is CCC1(OC)c2cccc(n2)C(=O)N[C@@H]2CCCC[C@H]2NC(=O)c2cccc1n2. The highest BCUT2D eigenvalue weighted by atomic mass is 16.5. The van der Waals surface area contributed by atoms with Crippen LogP contribution in [-0.4, -0.2) is 41.0 Å². The van der Waals surface area contributed by atoms with Gasteiger partial charge in [-0.25, -0.2) is 9.97 Å². The molecule has 2 aliphatic rings. The molecule has 7 heteroatoms. The number of nitrogens with zero attached hydrogens (tertiary/aromatic N) is 2. The predicted octanol–water partition coefficient (Wildman–Crippen LogP) is 2.56. The number of amides is 2. The van der Waals surface area contributed by atoms with Crippen molar-refractivity contribution in [2.24, 2.45) is 0 Å². The molecule has 1 aliphatic heterocycles. The Balaban J connectivity index is 1.89. The van der Waals surface area contributed by atoms with Gasteiger partial charge in [0.2, 0.25) is 0 Å². The Hall–Kier alpha value is -2.80. The fourth-order valence-corrected chi connectivity index (χ4v) is 4.38. The molecule has 2 N–H and O–H groups in total. The van der Waals surface area contributed by atoms with Crippen LogP contribution in [0.4, 0.5) is 0 Å². The summed E-state index contributed by atoms with van der Waals surface area (Å²) in [4.78, 5) is 35.2. The maximum atomic E-state index is 12.9. The second-order valence-electron chi connectivity index (χ2n) is 7.65. The van der Waals surface area contributed by atoms with E-state index in [1.165, 1.54) is 0 Å². The lowest BCUT2D eigenvalue weighted by atomic mass is 9.90. The van der Waals surface area contributed by atoms with E-state index < -0.39 is 5.60 Å². The Labute approximate surface area is 170 Å². The molecule has 2 atom stereocenters. The van der Waals surface area contributed by atoms with Crippen LogP contribution in [0.1, 0.15) is 71.4 Å². The topological polar surface area (TPSA) is 93.2 Å². The first-order valence-corrected chi connectivity index (χ1v) is 10.2. The lowest BCUT2D eigenvalue weighted by Gasteiger charge is -2.32. The van der Waals surface area contributed by atoms with Crippen molar-refractivity contribution in [2.75, 3.05) is 7.11 Å². The Morgan fingerprint density at radius 2 is 1.41 bits per heavy atom. The van der Waals surface area contributed by atoms with Gasteiger partial charge >= 0.3 is 0 Å². The Morgan fingerprint density at radius 1 is 0.931 bits per heavy atom.